The molecule has 1 unspecified atom stereocenters. The van der Waals surface area contributed by atoms with Crippen molar-refractivity contribution in [3.05, 3.63) is 65.5 Å². The SMILES string of the molecule is CC(CCNc1ccc(C(=O)O)c(F)c1)c1ccccc1. The van der Waals surface area contributed by atoms with Crippen molar-refractivity contribution < 1.29 is 14.3 Å². The highest BCUT2D eigenvalue weighted by atomic mass is 19.1. The van der Waals surface area contributed by atoms with Crippen molar-refractivity contribution in [1.82, 2.24) is 0 Å². The summed E-state index contributed by atoms with van der Waals surface area (Å²) >= 11 is 0. The van der Waals surface area contributed by atoms with E-state index in [0.29, 0.717) is 18.2 Å². The number of benzene rings is 2. The number of hydrogen-bond donors (Lipinski definition) is 2. The molecule has 0 heterocycles. The Bertz CT molecular complexity index is 613. The van der Waals surface area contributed by atoms with Gasteiger partial charge in [0.15, 0.2) is 0 Å². The lowest BCUT2D eigenvalue weighted by Gasteiger charge is -2.13. The van der Waals surface area contributed by atoms with Crippen molar-refractivity contribution in [2.45, 2.75) is 19.3 Å². The van der Waals surface area contributed by atoms with E-state index in [9.17, 15) is 9.18 Å². The van der Waals surface area contributed by atoms with Crippen molar-refractivity contribution in [1.29, 1.82) is 0 Å². The first-order chi connectivity index (χ1) is 10.1. The molecule has 0 saturated carbocycles. The summed E-state index contributed by atoms with van der Waals surface area (Å²) in [6, 6.07) is 14.3. The molecule has 0 radical (unpaired) electrons. The Morgan fingerprint density at radius 3 is 2.57 bits per heavy atom. The first kappa shape index (κ1) is 15.0. The molecule has 0 aliphatic rings. The van der Waals surface area contributed by atoms with Gasteiger partial charge in [-0.2, -0.15) is 0 Å². The molecule has 0 aliphatic carbocycles. The van der Waals surface area contributed by atoms with E-state index in [-0.39, 0.29) is 5.56 Å². The Kier molecular flexibility index (Phi) is 4.93. The standard InChI is InChI=1S/C17H18FNO2/c1-12(13-5-3-2-4-6-13)9-10-19-14-7-8-15(17(20)21)16(18)11-14/h2-8,11-12,19H,9-10H2,1H3,(H,20,21). The Morgan fingerprint density at radius 1 is 1.24 bits per heavy atom. The van der Waals surface area contributed by atoms with Crippen molar-refractivity contribution in [3.63, 3.8) is 0 Å². The van der Waals surface area contributed by atoms with Crippen LogP contribution in [0.1, 0.15) is 35.2 Å². The molecule has 3 nitrogen and oxygen atoms in total. The van der Waals surface area contributed by atoms with Crippen LogP contribution in [0.2, 0.25) is 0 Å². The third-order valence-corrected chi connectivity index (χ3v) is 3.47. The highest BCUT2D eigenvalue weighted by Crippen LogP contribution is 2.19. The zero-order valence-corrected chi connectivity index (χ0v) is 11.8. The monoisotopic (exact) mass is 287 g/mol. The van der Waals surface area contributed by atoms with Crippen molar-refractivity contribution in [3.8, 4) is 0 Å². The quantitative estimate of drug-likeness (QED) is 0.840. The van der Waals surface area contributed by atoms with Crippen LogP contribution in [-0.2, 0) is 0 Å². The molecule has 2 rings (SSSR count). The van der Waals surface area contributed by atoms with Gasteiger partial charge in [-0.25, -0.2) is 9.18 Å². The van der Waals surface area contributed by atoms with Crippen LogP contribution < -0.4 is 5.32 Å². The zero-order chi connectivity index (χ0) is 15.2. The van der Waals surface area contributed by atoms with Gasteiger partial charge < -0.3 is 10.4 Å². The van der Waals surface area contributed by atoms with E-state index in [1.807, 2.05) is 18.2 Å². The molecule has 0 bridgehead atoms. The van der Waals surface area contributed by atoms with Crippen LogP contribution in [0.25, 0.3) is 0 Å². The Balaban J connectivity index is 1.89. The molecule has 0 saturated heterocycles. The third-order valence-electron chi connectivity index (χ3n) is 3.47. The summed E-state index contributed by atoms with van der Waals surface area (Å²) in [7, 11) is 0. The van der Waals surface area contributed by atoms with Gasteiger partial charge in [0.1, 0.15) is 5.82 Å². The highest BCUT2D eigenvalue weighted by molar-refractivity contribution is 5.88. The number of anilines is 1. The van der Waals surface area contributed by atoms with Crippen LogP contribution in [0.15, 0.2) is 48.5 Å². The van der Waals surface area contributed by atoms with Gasteiger partial charge in [0, 0.05) is 12.2 Å². The molecule has 2 aromatic rings. The molecule has 1 atom stereocenters. The van der Waals surface area contributed by atoms with Crippen LogP contribution >= 0.6 is 0 Å². The number of carboxylic acid groups (broad SMARTS) is 1. The van der Waals surface area contributed by atoms with E-state index in [1.165, 1.54) is 17.7 Å². The van der Waals surface area contributed by atoms with Gasteiger partial charge in [-0.15, -0.1) is 0 Å². The number of aromatic carboxylic acids is 1. The second kappa shape index (κ2) is 6.88. The molecule has 0 aliphatic heterocycles. The number of rotatable bonds is 6. The fourth-order valence-corrected chi connectivity index (χ4v) is 2.18. The fraction of sp³-hybridized carbons (Fsp3) is 0.235. The maximum atomic E-state index is 13.5. The minimum absolute atomic E-state index is 0.307. The fourth-order valence-electron chi connectivity index (χ4n) is 2.18. The van der Waals surface area contributed by atoms with Gasteiger partial charge in [-0.3, -0.25) is 0 Å². The molecule has 0 spiro atoms. The summed E-state index contributed by atoms with van der Waals surface area (Å²) in [5, 5.41) is 11.9. The normalized spacial score (nSPS) is 11.9. The molecule has 110 valence electrons. The summed E-state index contributed by atoms with van der Waals surface area (Å²) < 4.78 is 13.5. The minimum Gasteiger partial charge on any atom is -0.478 e. The predicted octanol–water partition coefficient (Wildman–Crippen LogP) is 4.13. The number of carbonyl (C=O) groups is 1. The van der Waals surface area contributed by atoms with Crippen LogP contribution in [0.4, 0.5) is 10.1 Å². The van der Waals surface area contributed by atoms with Crippen LogP contribution in [-0.4, -0.2) is 17.6 Å². The van der Waals surface area contributed by atoms with E-state index >= 15 is 0 Å². The third kappa shape index (κ3) is 4.05. The van der Waals surface area contributed by atoms with E-state index in [2.05, 4.69) is 24.4 Å². The molecule has 0 aromatic heterocycles. The molecule has 0 amide bonds. The molecule has 2 N–H and O–H groups in total. The van der Waals surface area contributed by atoms with Crippen molar-refractivity contribution >= 4 is 11.7 Å². The van der Waals surface area contributed by atoms with Gasteiger partial charge in [-0.05, 0) is 36.1 Å². The van der Waals surface area contributed by atoms with Gasteiger partial charge in [0.05, 0.1) is 5.56 Å². The summed E-state index contributed by atoms with van der Waals surface area (Å²) in [6.45, 7) is 2.84. The molecule has 0 fully saturated rings. The van der Waals surface area contributed by atoms with E-state index < -0.39 is 11.8 Å². The van der Waals surface area contributed by atoms with Gasteiger partial charge in [-0.1, -0.05) is 37.3 Å². The number of nitrogens with one attached hydrogen (secondary N) is 1. The Hall–Kier alpha value is -2.36. The second-order valence-electron chi connectivity index (χ2n) is 5.03. The minimum atomic E-state index is -1.25. The first-order valence-corrected chi connectivity index (χ1v) is 6.89. The topological polar surface area (TPSA) is 49.3 Å². The van der Waals surface area contributed by atoms with E-state index in [0.717, 1.165) is 6.42 Å². The molecule has 2 aromatic carbocycles. The van der Waals surface area contributed by atoms with Crippen LogP contribution in [0.5, 0.6) is 0 Å². The summed E-state index contributed by atoms with van der Waals surface area (Å²) in [4.78, 5) is 10.7. The maximum Gasteiger partial charge on any atom is 0.338 e. The summed E-state index contributed by atoms with van der Waals surface area (Å²) in [6.07, 6.45) is 0.909. The van der Waals surface area contributed by atoms with Crippen molar-refractivity contribution in [2.75, 3.05) is 11.9 Å². The Labute approximate surface area is 123 Å². The Morgan fingerprint density at radius 2 is 1.95 bits per heavy atom. The van der Waals surface area contributed by atoms with Crippen LogP contribution in [0.3, 0.4) is 0 Å². The lowest BCUT2D eigenvalue weighted by molar-refractivity contribution is 0.0692. The molecule has 21 heavy (non-hydrogen) atoms. The van der Waals surface area contributed by atoms with E-state index in [1.54, 1.807) is 6.07 Å². The summed E-state index contributed by atoms with van der Waals surface area (Å²) in [5.74, 6) is -1.57. The van der Waals surface area contributed by atoms with E-state index in [4.69, 9.17) is 5.11 Å². The summed E-state index contributed by atoms with van der Waals surface area (Å²) in [5.41, 5.74) is 1.56. The lowest BCUT2D eigenvalue weighted by atomic mass is 9.98. The molecular weight excluding hydrogens is 269 g/mol. The molecule has 4 heteroatoms. The largest absolute Gasteiger partial charge is 0.478 e. The van der Waals surface area contributed by atoms with Gasteiger partial charge in [0.25, 0.3) is 0 Å². The van der Waals surface area contributed by atoms with Crippen LogP contribution in [0, 0.1) is 5.82 Å². The number of carboxylic acids is 1. The predicted molar refractivity (Wildman–Crippen MR) is 81.3 cm³/mol. The van der Waals surface area contributed by atoms with Crippen molar-refractivity contribution in [2.24, 2.45) is 0 Å². The lowest BCUT2D eigenvalue weighted by Crippen LogP contribution is -2.07. The maximum absolute atomic E-state index is 13.5. The smallest absolute Gasteiger partial charge is 0.338 e. The van der Waals surface area contributed by atoms with Gasteiger partial charge in [0.2, 0.25) is 0 Å². The zero-order valence-electron chi connectivity index (χ0n) is 11.8. The van der Waals surface area contributed by atoms with Gasteiger partial charge >= 0.3 is 5.97 Å². The highest BCUT2D eigenvalue weighted by Gasteiger charge is 2.10. The first-order valence-electron chi connectivity index (χ1n) is 6.89. The average Bonchev–Trinajstić information content (AvgIpc) is 2.47. The number of halogens is 1. The second-order valence-corrected chi connectivity index (χ2v) is 5.03. The average molecular weight is 287 g/mol. The molecular formula is C17H18FNO2. The number of hydrogen-bond acceptors (Lipinski definition) is 2.